The Labute approximate surface area is 238 Å². The third-order valence-electron chi connectivity index (χ3n) is 8.68. The molecule has 2 fully saturated rings. The van der Waals surface area contributed by atoms with E-state index in [-0.39, 0.29) is 29.4 Å². The number of piperidine rings is 1. The Morgan fingerprint density at radius 1 is 1.00 bits per heavy atom. The van der Waals surface area contributed by atoms with Crippen molar-refractivity contribution in [2.45, 2.75) is 63.7 Å². The molecule has 3 aromatic rings. The van der Waals surface area contributed by atoms with E-state index >= 15 is 8.78 Å². The monoisotopic (exact) mass is 568 g/mol. The van der Waals surface area contributed by atoms with E-state index in [0.29, 0.717) is 24.3 Å². The summed E-state index contributed by atoms with van der Waals surface area (Å²) >= 11 is 0. The van der Waals surface area contributed by atoms with Crippen molar-refractivity contribution in [3.05, 3.63) is 94.6 Å². The second kappa shape index (κ2) is 11.3. The first-order valence-corrected chi connectivity index (χ1v) is 14.5. The van der Waals surface area contributed by atoms with E-state index < -0.39 is 30.1 Å². The molecule has 1 saturated heterocycles. The van der Waals surface area contributed by atoms with Gasteiger partial charge >= 0.3 is 0 Å². The summed E-state index contributed by atoms with van der Waals surface area (Å²) in [5.41, 5.74) is 2.43. The average molecular weight is 569 g/mol. The van der Waals surface area contributed by atoms with Crippen molar-refractivity contribution >= 4 is 0 Å². The molecule has 8 heteroatoms. The van der Waals surface area contributed by atoms with Gasteiger partial charge in [0, 0.05) is 37.7 Å². The highest BCUT2D eigenvalue weighted by Crippen LogP contribution is 2.48. The van der Waals surface area contributed by atoms with E-state index in [1.165, 1.54) is 17.0 Å². The smallest absolute Gasteiger partial charge is 0.257 e. The maximum Gasteiger partial charge on any atom is 0.257 e. The lowest BCUT2D eigenvalue weighted by atomic mass is 9.63. The van der Waals surface area contributed by atoms with Crippen molar-refractivity contribution in [2.75, 3.05) is 26.2 Å². The van der Waals surface area contributed by atoms with Gasteiger partial charge in [0.25, 0.3) is 5.92 Å². The van der Waals surface area contributed by atoms with Crippen molar-refractivity contribution < 1.29 is 27.0 Å². The minimum Gasteiger partial charge on any atom is -0.490 e. The Morgan fingerprint density at radius 2 is 1.76 bits per heavy atom. The van der Waals surface area contributed by atoms with E-state index in [1.807, 2.05) is 36.4 Å². The Balaban J connectivity index is 1.25. The van der Waals surface area contributed by atoms with Crippen molar-refractivity contribution in [1.82, 2.24) is 10.2 Å². The van der Waals surface area contributed by atoms with Crippen molar-refractivity contribution in [2.24, 2.45) is 5.41 Å². The van der Waals surface area contributed by atoms with Crippen LogP contribution in [0.2, 0.25) is 0 Å². The van der Waals surface area contributed by atoms with Crippen LogP contribution in [0.3, 0.4) is 0 Å². The molecule has 0 bridgehead atoms. The number of fused-ring (bicyclic) bond motifs is 1. The van der Waals surface area contributed by atoms with Crippen LogP contribution in [-0.4, -0.2) is 43.1 Å². The van der Waals surface area contributed by atoms with Crippen LogP contribution in [0.1, 0.15) is 60.9 Å². The molecule has 6 rings (SSSR count). The predicted molar refractivity (Wildman–Crippen MR) is 150 cm³/mol. The summed E-state index contributed by atoms with van der Waals surface area (Å²) < 4.78 is 71.9. The highest BCUT2D eigenvalue weighted by molar-refractivity contribution is 5.46. The van der Waals surface area contributed by atoms with Gasteiger partial charge in [-0.2, -0.15) is 0 Å². The first kappa shape index (κ1) is 28.0. The summed E-state index contributed by atoms with van der Waals surface area (Å²) in [5.74, 6) is -3.85. The molecular formula is C33H36F4N2O2. The quantitative estimate of drug-likeness (QED) is 0.295. The average Bonchev–Trinajstić information content (AvgIpc) is 2.92. The number of nitrogens with one attached hydrogen (secondary N) is 1. The summed E-state index contributed by atoms with van der Waals surface area (Å²) in [6.07, 6.45) is 4.36. The van der Waals surface area contributed by atoms with Gasteiger partial charge in [-0.1, -0.05) is 36.4 Å². The van der Waals surface area contributed by atoms with Gasteiger partial charge in [0.1, 0.15) is 29.7 Å². The topological polar surface area (TPSA) is 33.7 Å². The van der Waals surface area contributed by atoms with Crippen LogP contribution in [-0.2, 0) is 13.0 Å². The molecule has 0 aromatic heterocycles. The van der Waals surface area contributed by atoms with E-state index in [0.717, 1.165) is 56.8 Å². The third-order valence-corrected chi connectivity index (χ3v) is 8.68. The summed E-state index contributed by atoms with van der Waals surface area (Å²) in [5, 5.41) is 3.43. The fourth-order valence-corrected chi connectivity index (χ4v) is 6.80. The lowest BCUT2D eigenvalue weighted by Crippen LogP contribution is -2.52. The number of rotatable bonds is 8. The van der Waals surface area contributed by atoms with Crippen LogP contribution in [0.5, 0.6) is 11.5 Å². The molecular weight excluding hydrogens is 532 g/mol. The summed E-state index contributed by atoms with van der Waals surface area (Å²) in [4.78, 5) is 1.47. The van der Waals surface area contributed by atoms with Gasteiger partial charge in [0.05, 0.1) is 18.7 Å². The standard InChI is InChI=1S/C33H36F4N2O2/c1-32(36,37)21-39-13-10-23-14-24(40-19-22-6-3-2-4-7-22)8-9-27(23)31(39)30-28(34)15-25(16-29(30)35)41-26-17-33(18-26)11-5-12-38-20-33/h2-4,6-9,14-16,26,31,38H,5,10-13,17-21H2,1H3. The third kappa shape index (κ3) is 6.24. The van der Waals surface area contributed by atoms with E-state index in [2.05, 4.69) is 5.32 Å². The molecule has 1 aliphatic carbocycles. The maximum absolute atomic E-state index is 15.7. The van der Waals surface area contributed by atoms with Gasteiger partial charge in [0.15, 0.2) is 0 Å². The van der Waals surface area contributed by atoms with E-state index in [4.69, 9.17) is 9.47 Å². The lowest BCUT2D eigenvalue weighted by Gasteiger charge is -2.49. The molecule has 1 N–H and O–H groups in total. The molecule has 1 atom stereocenters. The Kier molecular flexibility index (Phi) is 7.72. The Bertz CT molecular complexity index is 1340. The number of hydrogen-bond donors (Lipinski definition) is 1. The largest absolute Gasteiger partial charge is 0.490 e. The van der Waals surface area contributed by atoms with Crippen LogP contribution in [0, 0.1) is 17.0 Å². The van der Waals surface area contributed by atoms with Crippen molar-refractivity contribution in [1.29, 1.82) is 0 Å². The van der Waals surface area contributed by atoms with Gasteiger partial charge < -0.3 is 14.8 Å². The summed E-state index contributed by atoms with van der Waals surface area (Å²) in [6.45, 7) is 2.81. The number of halogens is 4. The van der Waals surface area contributed by atoms with Crippen molar-refractivity contribution in [3.8, 4) is 11.5 Å². The number of alkyl halides is 2. The molecule has 4 nitrogen and oxygen atoms in total. The van der Waals surface area contributed by atoms with Gasteiger partial charge in [-0.25, -0.2) is 17.6 Å². The molecule has 2 aliphatic heterocycles. The zero-order chi connectivity index (χ0) is 28.6. The molecule has 1 spiro atoms. The lowest BCUT2D eigenvalue weighted by molar-refractivity contribution is -0.0306. The number of ether oxygens (including phenoxy) is 2. The zero-order valence-corrected chi connectivity index (χ0v) is 23.3. The summed E-state index contributed by atoms with van der Waals surface area (Å²) in [7, 11) is 0. The molecule has 0 radical (unpaired) electrons. The first-order valence-electron chi connectivity index (χ1n) is 14.5. The van der Waals surface area contributed by atoms with Crippen LogP contribution in [0.25, 0.3) is 0 Å². The molecule has 3 aromatic carbocycles. The second-order valence-corrected chi connectivity index (χ2v) is 12.1. The highest BCUT2D eigenvalue weighted by atomic mass is 19.3. The molecule has 2 heterocycles. The van der Waals surface area contributed by atoms with Gasteiger partial charge in [-0.15, -0.1) is 0 Å². The van der Waals surface area contributed by atoms with E-state index in [9.17, 15) is 8.78 Å². The zero-order valence-electron chi connectivity index (χ0n) is 23.3. The normalized spacial score (nSPS) is 24.5. The molecule has 41 heavy (non-hydrogen) atoms. The number of nitrogens with zero attached hydrogens (tertiary/aromatic N) is 1. The molecule has 1 unspecified atom stereocenters. The van der Waals surface area contributed by atoms with Gasteiger partial charge in [0.2, 0.25) is 0 Å². The second-order valence-electron chi connectivity index (χ2n) is 12.1. The van der Waals surface area contributed by atoms with Crippen LogP contribution >= 0.6 is 0 Å². The van der Waals surface area contributed by atoms with E-state index in [1.54, 1.807) is 12.1 Å². The minimum atomic E-state index is -3.03. The van der Waals surface area contributed by atoms with Crippen LogP contribution < -0.4 is 14.8 Å². The minimum absolute atomic E-state index is 0.0838. The van der Waals surface area contributed by atoms with Crippen LogP contribution in [0.4, 0.5) is 17.6 Å². The predicted octanol–water partition coefficient (Wildman–Crippen LogP) is 7.06. The fraction of sp³-hybridized carbons (Fsp3) is 0.455. The molecule has 3 aliphatic rings. The molecule has 218 valence electrons. The molecule has 0 amide bonds. The Hall–Kier alpha value is -3.10. The Morgan fingerprint density at radius 3 is 2.44 bits per heavy atom. The van der Waals surface area contributed by atoms with Gasteiger partial charge in [-0.3, -0.25) is 4.90 Å². The summed E-state index contributed by atoms with van der Waals surface area (Å²) in [6, 6.07) is 16.5. The number of hydrogen-bond acceptors (Lipinski definition) is 4. The van der Waals surface area contributed by atoms with Crippen molar-refractivity contribution in [3.63, 3.8) is 0 Å². The SMILES string of the molecule is CC(F)(F)CN1CCc2cc(OCc3ccccc3)ccc2C1c1c(F)cc(OC2CC3(CCCNC3)C2)cc1F. The number of benzene rings is 3. The highest BCUT2D eigenvalue weighted by Gasteiger charge is 2.46. The molecule has 1 saturated carbocycles. The van der Waals surface area contributed by atoms with Gasteiger partial charge in [-0.05, 0) is 72.9 Å². The van der Waals surface area contributed by atoms with Crippen LogP contribution in [0.15, 0.2) is 60.7 Å². The maximum atomic E-state index is 15.7. The fourth-order valence-electron chi connectivity index (χ4n) is 6.80. The first-order chi connectivity index (χ1) is 19.7.